The van der Waals surface area contributed by atoms with Crippen LogP contribution in [0.25, 0.3) is 10.6 Å². The topological polar surface area (TPSA) is 54.9 Å². The van der Waals surface area contributed by atoms with Crippen molar-refractivity contribution in [3.8, 4) is 10.6 Å². The van der Waals surface area contributed by atoms with Gasteiger partial charge in [-0.05, 0) is 26.0 Å². The number of aromatic nitrogens is 2. The lowest BCUT2D eigenvalue weighted by Crippen LogP contribution is -2.17. The third-order valence-corrected chi connectivity index (χ3v) is 3.59. The number of pyridine rings is 1. The van der Waals surface area contributed by atoms with E-state index in [1.807, 2.05) is 26.0 Å². The maximum Gasteiger partial charge on any atom is 0.263 e. The van der Waals surface area contributed by atoms with Crippen molar-refractivity contribution in [2.45, 2.75) is 13.8 Å². The normalized spacial score (nSPS) is 10.3. The monoisotopic (exact) mass is 247 g/mol. The summed E-state index contributed by atoms with van der Waals surface area (Å²) in [5, 5.41) is 3.44. The van der Waals surface area contributed by atoms with Crippen molar-refractivity contribution in [2.24, 2.45) is 0 Å². The first kappa shape index (κ1) is 11.7. The molecule has 17 heavy (non-hydrogen) atoms. The summed E-state index contributed by atoms with van der Waals surface area (Å²) in [6.45, 7) is 3.78. The molecule has 0 atom stereocenters. The summed E-state index contributed by atoms with van der Waals surface area (Å²) >= 11 is 1.39. The molecule has 1 amide bonds. The van der Waals surface area contributed by atoms with Gasteiger partial charge in [-0.3, -0.25) is 9.78 Å². The number of hydrogen-bond donors (Lipinski definition) is 1. The van der Waals surface area contributed by atoms with E-state index in [1.165, 1.54) is 11.3 Å². The highest BCUT2D eigenvalue weighted by Gasteiger charge is 2.14. The third-order valence-electron chi connectivity index (χ3n) is 2.39. The van der Waals surface area contributed by atoms with E-state index in [-0.39, 0.29) is 5.91 Å². The Balaban J connectivity index is 2.41. The SMILES string of the molecule is CNC(=O)c1sc(-c2ccc(C)nc2)nc1C. The van der Waals surface area contributed by atoms with E-state index < -0.39 is 0 Å². The molecule has 5 heteroatoms. The largest absolute Gasteiger partial charge is 0.354 e. The number of nitrogens with one attached hydrogen (secondary N) is 1. The van der Waals surface area contributed by atoms with E-state index >= 15 is 0 Å². The van der Waals surface area contributed by atoms with Crippen molar-refractivity contribution in [3.05, 3.63) is 34.6 Å². The maximum absolute atomic E-state index is 11.6. The fourth-order valence-electron chi connectivity index (χ4n) is 1.44. The fraction of sp³-hybridized carbons (Fsp3) is 0.250. The Hall–Kier alpha value is -1.75. The maximum atomic E-state index is 11.6. The molecule has 0 unspecified atom stereocenters. The van der Waals surface area contributed by atoms with Gasteiger partial charge in [-0.25, -0.2) is 4.98 Å². The second kappa shape index (κ2) is 4.63. The number of hydrogen-bond acceptors (Lipinski definition) is 4. The van der Waals surface area contributed by atoms with Crippen LogP contribution in [0.3, 0.4) is 0 Å². The van der Waals surface area contributed by atoms with Crippen molar-refractivity contribution in [1.82, 2.24) is 15.3 Å². The zero-order valence-electron chi connectivity index (χ0n) is 9.94. The van der Waals surface area contributed by atoms with Crippen LogP contribution in [-0.2, 0) is 0 Å². The zero-order valence-corrected chi connectivity index (χ0v) is 10.8. The van der Waals surface area contributed by atoms with Gasteiger partial charge < -0.3 is 5.32 Å². The molecule has 0 saturated carbocycles. The van der Waals surface area contributed by atoms with Crippen molar-refractivity contribution < 1.29 is 4.79 Å². The first-order valence-electron chi connectivity index (χ1n) is 5.24. The van der Waals surface area contributed by atoms with E-state index in [0.29, 0.717) is 4.88 Å². The molecule has 0 bridgehead atoms. The first-order chi connectivity index (χ1) is 8.11. The molecule has 2 heterocycles. The minimum absolute atomic E-state index is 0.0914. The highest BCUT2D eigenvalue weighted by molar-refractivity contribution is 7.17. The summed E-state index contributed by atoms with van der Waals surface area (Å²) < 4.78 is 0. The molecule has 0 aliphatic carbocycles. The van der Waals surface area contributed by atoms with Crippen LogP contribution in [0.15, 0.2) is 18.3 Å². The van der Waals surface area contributed by atoms with Gasteiger partial charge in [0, 0.05) is 24.5 Å². The highest BCUT2D eigenvalue weighted by atomic mass is 32.1. The smallest absolute Gasteiger partial charge is 0.263 e. The van der Waals surface area contributed by atoms with Crippen LogP contribution < -0.4 is 5.32 Å². The fourth-order valence-corrected chi connectivity index (χ4v) is 2.44. The molecule has 0 aliphatic rings. The Morgan fingerprint density at radius 3 is 2.71 bits per heavy atom. The average molecular weight is 247 g/mol. The number of carbonyl (C=O) groups is 1. The molecule has 0 aromatic carbocycles. The van der Waals surface area contributed by atoms with E-state index in [2.05, 4.69) is 15.3 Å². The third kappa shape index (κ3) is 2.34. The molecule has 2 rings (SSSR count). The van der Waals surface area contributed by atoms with E-state index in [1.54, 1.807) is 13.2 Å². The number of amides is 1. The Morgan fingerprint density at radius 1 is 1.35 bits per heavy atom. The summed E-state index contributed by atoms with van der Waals surface area (Å²) in [4.78, 5) is 20.9. The van der Waals surface area contributed by atoms with Crippen molar-refractivity contribution in [3.63, 3.8) is 0 Å². The van der Waals surface area contributed by atoms with Crippen molar-refractivity contribution in [2.75, 3.05) is 7.05 Å². The van der Waals surface area contributed by atoms with Crippen LogP contribution in [0, 0.1) is 13.8 Å². The average Bonchev–Trinajstić information content (AvgIpc) is 2.71. The predicted octanol–water partition coefficient (Wildman–Crippen LogP) is 2.18. The van der Waals surface area contributed by atoms with E-state index in [0.717, 1.165) is 22.0 Å². The summed E-state index contributed by atoms with van der Waals surface area (Å²) in [7, 11) is 1.62. The Kier molecular flexibility index (Phi) is 3.19. The molecular weight excluding hydrogens is 234 g/mol. The van der Waals surface area contributed by atoms with Gasteiger partial charge in [-0.1, -0.05) is 0 Å². The molecule has 0 radical (unpaired) electrons. The molecule has 88 valence electrons. The van der Waals surface area contributed by atoms with Gasteiger partial charge in [-0.15, -0.1) is 11.3 Å². The van der Waals surface area contributed by atoms with Crippen molar-refractivity contribution in [1.29, 1.82) is 0 Å². The van der Waals surface area contributed by atoms with Gasteiger partial charge in [0.2, 0.25) is 0 Å². The van der Waals surface area contributed by atoms with Crippen LogP contribution >= 0.6 is 11.3 Å². The number of aryl methyl sites for hydroxylation is 2. The highest BCUT2D eigenvalue weighted by Crippen LogP contribution is 2.27. The molecule has 0 fully saturated rings. The van der Waals surface area contributed by atoms with Crippen LogP contribution in [0.2, 0.25) is 0 Å². The molecule has 0 spiro atoms. The number of rotatable bonds is 2. The minimum Gasteiger partial charge on any atom is -0.354 e. The summed E-state index contributed by atoms with van der Waals surface area (Å²) in [6.07, 6.45) is 1.78. The van der Waals surface area contributed by atoms with Crippen molar-refractivity contribution >= 4 is 17.2 Å². The summed E-state index contributed by atoms with van der Waals surface area (Å²) in [5.41, 5.74) is 2.66. The molecule has 1 N–H and O–H groups in total. The van der Waals surface area contributed by atoms with Gasteiger partial charge in [0.05, 0.1) is 5.69 Å². The molecule has 0 saturated heterocycles. The first-order valence-corrected chi connectivity index (χ1v) is 6.06. The van der Waals surface area contributed by atoms with Crippen LogP contribution in [-0.4, -0.2) is 22.9 Å². The standard InChI is InChI=1S/C12H13N3OS/c1-7-4-5-9(6-14-7)12-15-8(2)10(17-12)11(16)13-3/h4-6H,1-3H3,(H,13,16). The Labute approximate surface area is 104 Å². The lowest BCUT2D eigenvalue weighted by molar-refractivity contribution is 0.0966. The molecular formula is C12H13N3OS. The number of carbonyl (C=O) groups excluding carboxylic acids is 1. The molecule has 2 aromatic rings. The quantitative estimate of drug-likeness (QED) is 0.885. The second-order valence-electron chi connectivity index (χ2n) is 3.70. The molecule has 4 nitrogen and oxygen atoms in total. The van der Waals surface area contributed by atoms with Crippen LogP contribution in [0.4, 0.5) is 0 Å². The minimum atomic E-state index is -0.0914. The van der Waals surface area contributed by atoms with Crippen LogP contribution in [0.5, 0.6) is 0 Å². The molecule has 2 aromatic heterocycles. The van der Waals surface area contributed by atoms with Gasteiger partial charge in [-0.2, -0.15) is 0 Å². The van der Waals surface area contributed by atoms with Crippen LogP contribution in [0.1, 0.15) is 21.1 Å². The Morgan fingerprint density at radius 2 is 2.12 bits per heavy atom. The summed E-state index contributed by atoms with van der Waals surface area (Å²) in [5.74, 6) is -0.0914. The Bertz CT molecular complexity index is 545. The van der Waals surface area contributed by atoms with Gasteiger partial charge in [0.1, 0.15) is 9.88 Å². The van der Waals surface area contributed by atoms with Gasteiger partial charge in [0.15, 0.2) is 0 Å². The zero-order chi connectivity index (χ0) is 12.4. The second-order valence-corrected chi connectivity index (χ2v) is 4.70. The van der Waals surface area contributed by atoms with E-state index in [9.17, 15) is 4.79 Å². The molecule has 0 aliphatic heterocycles. The van der Waals surface area contributed by atoms with E-state index in [4.69, 9.17) is 0 Å². The summed E-state index contributed by atoms with van der Waals surface area (Å²) in [6, 6.07) is 3.90. The number of nitrogens with zero attached hydrogens (tertiary/aromatic N) is 2. The lowest BCUT2D eigenvalue weighted by atomic mass is 10.2. The lowest BCUT2D eigenvalue weighted by Gasteiger charge is -1.95. The van der Waals surface area contributed by atoms with Gasteiger partial charge >= 0.3 is 0 Å². The van der Waals surface area contributed by atoms with Gasteiger partial charge in [0.25, 0.3) is 5.91 Å². The number of thiazole rings is 1. The predicted molar refractivity (Wildman–Crippen MR) is 68.2 cm³/mol.